The normalized spacial score (nSPS) is 14.9. The number of ether oxygens (including phenoxy) is 2. The fraction of sp³-hybridized carbons (Fsp3) is 0.409. The Morgan fingerprint density at radius 2 is 1.87 bits per heavy atom. The smallest absolute Gasteiger partial charge is 0.243 e. The Morgan fingerprint density at radius 1 is 1.13 bits per heavy atom. The van der Waals surface area contributed by atoms with Gasteiger partial charge in [-0.1, -0.05) is 6.07 Å². The highest BCUT2D eigenvalue weighted by Gasteiger charge is 2.27. The molecule has 0 saturated carbocycles. The van der Waals surface area contributed by atoms with E-state index in [1.807, 2.05) is 32.9 Å². The highest BCUT2D eigenvalue weighted by atomic mass is 32.2. The van der Waals surface area contributed by atoms with Crippen molar-refractivity contribution < 1.29 is 22.7 Å². The Bertz CT molecular complexity index is 1030. The first-order valence-corrected chi connectivity index (χ1v) is 12.6. The third kappa shape index (κ3) is 6.00. The number of nitrogens with one attached hydrogen (secondary N) is 1. The van der Waals surface area contributed by atoms with Crippen LogP contribution in [0.4, 0.5) is 5.69 Å². The van der Waals surface area contributed by atoms with Gasteiger partial charge in [0.05, 0.1) is 36.2 Å². The van der Waals surface area contributed by atoms with Crippen LogP contribution in [0.2, 0.25) is 0 Å². The molecule has 0 atom stereocenters. The number of benzene rings is 2. The van der Waals surface area contributed by atoms with E-state index in [0.717, 1.165) is 4.90 Å². The molecule has 1 aliphatic heterocycles. The van der Waals surface area contributed by atoms with Gasteiger partial charge < -0.3 is 14.8 Å². The van der Waals surface area contributed by atoms with E-state index in [0.29, 0.717) is 44.3 Å². The summed E-state index contributed by atoms with van der Waals surface area (Å²) in [5, 5.41) is 2.81. The van der Waals surface area contributed by atoms with Gasteiger partial charge >= 0.3 is 0 Å². The van der Waals surface area contributed by atoms with Gasteiger partial charge in [0.1, 0.15) is 5.75 Å². The first-order chi connectivity index (χ1) is 14.8. The van der Waals surface area contributed by atoms with Crippen LogP contribution in [0.1, 0.15) is 18.1 Å². The lowest BCUT2D eigenvalue weighted by Gasteiger charge is -2.26. The monoisotopic (exact) mass is 464 g/mol. The first kappa shape index (κ1) is 23.6. The van der Waals surface area contributed by atoms with E-state index in [1.165, 1.54) is 39.3 Å². The van der Waals surface area contributed by atoms with Crippen LogP contribution in [0.15, 0.2) is 46.2 Å². The number of hydrogen-bond acceptors (Lipinski definition) is 6. The number of hydrogen-bond donors (Lipinski definition) is 1. The van der Waals surface area contributed by atoms with Gasteiger partial charge in [-0.05, 0) is 62.2 Å². The van der Waals surface area contributed by atoms with Gasteiger partial charge in [0.25, 0.3) is 0 Å². The lowest BCUT2D eigenvalue weighted by atomic mass is 10.1. The molecule has 0 radical (unpaired) electrons. The van der Waals surface area contributed by atoms with Crippen molar-refractivity contribution in [2.24, 2.45) is 0 Å². The fourth-order valence-corrected chi connectivity index (χ4v) is 5.35. The second-order valence-electron chi connectivity index (χ2n) is 7.19. The van der Waals surface area contributed by atoms with Crippen LogP contribution in [-0.4, -0.2) is 57.3 Å². The van der Waals surface area contributed by atoms with Crippen LogP contribution in [0.5, 0.6) is 5.75 Å². The molecule has 0 aromatic heterocycles. The third-order valence-corrected chi connectivity index (χ3v) is 7.87. The number of aryl methyl sites for hydroxylation is 2. The van der Waals surface area contributed by atoms with Crippen LogP contribution < -0.4 is 10.1 Å². The molecule has 3 rings (SSSR count). The van der Waals surface area contributed by atoms with E-state index in [4.69, 9.17) is 9.47 Å². The van der Waals surface area contributed by atoms with Gasteiger partial charge in [-0.3, -0.25) is 4.79 Å². The Balaban J connectivity index is 1.75. The summed E-state index contributed by atoms with van der Waals surface area (Å²) >= 11 is 1.43. The topological polar surface area (TPSA) is 84.9 Å². The Labute approximate surface area is 188 Å². The molecule has 2 aromatic rings. The zero-order valence-corrected chi connectivity index (χ0v) is 19.6. The van der Waals surface area contributed by atoms with Crippen molar-refractivity contribution in [3.05, 3.63) is 47.5 Å². The number of carbonyl (C=O) groups excluding carboxylic acids is 1. The fourth-order valence-electron chi connectivity index (χ4n) is 3.12. The number of amides is 1. The van der Waals surface area contributed by atoms with E-state index in [1.54, 1.807) is 6.07 Å². The summed E-state index contributed by atoms with van der Waals surface area (Å²) in [7, 11) is -3.67. The van der Waals surface area contributed by atoms with Crippen LogP contribution in [-0.2, 0) is 19.6 Å². The molecule has 1 saturated heterocycles. The quantitative estimate of drug-likeness (QED) is 0.603. The lowest BCUT2D eigenvalue weighted by Crippen LogP contribution is -2.40. The number of morpholine rings is 1. The number of sulfonamides is 1. The minimum Gasteiger partial charge on any atom is -0.492 e. The molecule has 0 bridgehead atoms. The highest BCUT2D eigenvalue weighted by molar-refractivity contribution is 8.00. The Kier molecular flexibility index (Phi) is 7.99. The van der Waals surface area contributed by atoms with Gasteiger partial charge in [-0.15, -0.1) is 11.8 Å². The molecule has 1 aliphatic rings. The average molecular weight is 465 g/mol. The molecule has 1 amide bonds. The molecule has 1 heterocycles. The van der Waals surface area contributed by atoms with E-state index in [9.17, 15) is 13.2 Å². The van der Waals surface area contributed by atoms with Crippen LogP contribution in [0.25, 0.3) is 0 Å². The van der Waals surface area contributed by atoms with Gasteiger partial charge in [0.15, 0.2) is 0 Å². The van der Waals surface area contributed by atoms with Crippen LogP contribution >= 0.6 is 11.8 Å². The first-order valence-electron chi connectivity index (χ1n) is 10.2. The number of anilines is 1. The second-order valence-corrected chi connectivity index (χ2v) is 10.2. The maximum absolute atomic E-state index is 13.0. The molecule has 0 unspecified atom stereocenters. The van der Waals surface area contributed by atoms with Crippen molar-refractivity contribution in [1.82, 2.24) is 4.31 Å². The van der Waals surface area contributed by atoms with Gasteiger partial charge in [0.2, 0.25) is 15.9 Å². The lowest BCUT2D eigenvalue weighted by molar-refractivity contribution is -0.113. The SMILES string of the molecule is CCOc1ccc(S(=O)(=O)N2CCOCC2)cc1NC(=O)CSc1ccc(C)c(C)c1. The third-order valence-electron chi connectivity index (χ3n) is 4.98. The molecule has 0 aliphatic carbocycles. The summed E-state index contributed by atoms with van der Waals surface area (Å²) < 4.78 is 38.2. The number of thioether (sulfide) groups is 1. The van der Waals surface area contributed by atoms with Crippen molar-refractivity contribution in [3.63, 3.8) is 0 Å². The maximum atomic E-state index is 13.0. The molecule has 7 nitrogen and oxygen atoms in total. The molecule has 9 heteroatoms. The zero-order valence-electron chi connectivity index (χ0n) is 18.0. The largest absolute Gasteiger partial charge is 0.492 e. The summed E-state index contributed by atoms with van der Waals surface area (Å²) in [5.74, 6) is 0.409. The number of nitrogens with zero attached hydrogens (tertiary/aromatic N) is 1. The van der Waals surface area contributed by atoms with Crippen molar-refractivity contribution in [2.75, 3.05) is 44.0 Å². The van der Waals surface area contributed by atoms with Crippen molar-refractivity contribution in [3.8, 4) is 5.75 Å². The average Bonchev–Trinajstić information content (AvgIpc) is 2.76. The highest BCUT2D eigenvalue weighted by Crippen LogP contribution is 2.30. The van der Waals surface area contributed by atoms with E-state index in [-0.39, 0.29) is 16.6 Å². The molecule has 1 fully saturated rings. The van der Waals surface area contributed by atoms with Crippen LogP contribution in [0.3, 0.4) is 0 Å². The van der Waals surface area contributed by atoms with Gasteiger partial charge in [0, 0.05) is 18.0 Å². The van der Waals surface area contributed by atoms with E-state index < -0.39 is 10.0 Å². The van der Waals surface area contributed by atoms with Crippen LogP contribution in [0, 0.1) is 13.8 Å². The van der Waals surface area contributed by atoms with E-state index >= 15 is 0 Å². The Morgan fingerprint density at radius 3 is 2.55 bits per heavy atom. The minimum absolute atomic E-state index is 0.120. The predicted molar refractivity (Wildman–Crippen MR) is 122 cm³/mol. The molecular formula is C22H28N2O5S2. The summed E-state index contributed by atoms with van der Waals surface area (Å²) in [4.78, 5) is 13.7. The molecular weight excluding hydrogens is 436 g/mol. The number of rotatable bonds is 8. The van der Waals surface area contributed by atoms with Crippen molar-refractivity contribution >= 4 is 33.4 Å². The summed E-state index contributed by atoms with van der Waals surface area (Å²) in [5.41, 5.74) is 2.72. The predicted octanol–water partition coefficient (Wildman–Crippen LogP) is 3.45. The van der Waals surface area contributed by atoms with Gasteiger partial charge in [-0.25, -0.2) is 8.42 Å². The summed E-state index contributed by atoms with van der Waals surface area (Å²) in [6, 6.07) is 10.6. The molecule has 2 aromatic carbocycles. The summed E-state index contributed by atoms with van der Waals surface area (Å²) in [6.07, 6.45) is 0. The molecule has 31 heavy (non-hydrogen) atoms. The second kappa shape index (κ2) is 10.5. The van der Waals surface area contributed by atoms with Crippen molar-refractivity contribution in [1.29, 1.82) is 0 Å². The molecule has 168 valence electrons. The molecule has 0 spiro atoms. The van der Waals surface area contributed by atoms with E-state index in [2.05, 4.69) is 11.4 Å². The zero-order chi connectivity index (χ0) is 22.4. The summed E-state index contributed by atoms with van der Waals surface area (Å²) in [6.45, 7) is 7.67. The van der Waals surface area contributed by atoms with Gasteiger partial charge in [-0.2, -0.15) is 4.31 Å². The Hall–Kier alpha value is -2.07. The number of carbonyl (C=O) groups is 1. The van der Waals surface area contributed by atoms with Crippen molar-refractivity contribution in [2.45, 2.75) is 30.6 Å². The standard InChI is InChI=1S/C22H28N2O5S2/c1-4-29-21-8-7-19(31(26,27)24-9-11-28-12-10-24)14-20(21)23-22(25)15-30-18-6-5-16(2)17(3)13-18/h5-8,13-14H,4,9-12,15H2,1-3H3,(H,23,25). The maximum Gasteiger partial charge on any atom is 0.243 e. The molecule has 1 N–H and O–H groups in total. The minimum atomic E-state index is -3.67.